The molecular weight excluding hydrogens is 392 g/mol. The molecule has 31 heavy (non-hydrogen) atoms. The second-order valence-electron chi connectivity index (χ2n) is 8.63. The van der Waals surface area contributed by atoms with E-state index in [0.717, 1.165) is 35.2 Å². The summed E-state index contributed by atoms with van der Waals surface area (Å²) in [5, 5.41) is 0. The van der Waals surface area contributed by atoms with Crippen molar-refractivity contribution in [2.45, 2.75) is 53.0 Å². The van der Waals surface area contributed by atoms with Crippen LogP contribution < -0.4 is 15.4 Å². The van der Waals surface area contributed by atoms with E-state index >= 15 is 0 Å². The largest absolute Gasteiger partial charge is 0.513 e. The maximum Gasteiger partial charge on any atom is 0.513 e. The van der Waals surface area contributed by atoms with Gasteiger partial charge in [-0.05, 0) is 79.5 Å². The van der Waals surface area contributed by atoms with Gasteiger partial charge in [-0.2, -0.15) is 0 Å². The first-order chi connectivity index (χ1) is 14.8. The van der Waals surface area contributed by atoms with Gasteiger partial charge in [0.15, 0.2) is 0 Å². The Morgan fingerprint density at radius 3 is 2.48 bits per heavy atom. The molecule has 2 N–H and O–H groups in total. The third-order valence-electron chi connectivity index (χ3n) is 5.52. The van der Waals surface area contributed by atoms with E-state index in [-0.39, 0.29) is 11.8 Å². The Morgan fingerprint density at radius 2 is 1.81 bits per heavy atom. The van der Waals surface area contributed by atoms with Crippen LogP contribution in [0.2, 0.25) is 0 Å². The molecule has 0 fully saturated rings. The van der Waals surface area contributed by atoms with Gasteiger partial charge >= 0.3 is 6.16 Å². The number of benzene rings is 2. The lowest BCUT2D eigenvalue weighted by Crippen LogP contribution is -2.47. The Kier molecular flexibility index (Phi) is 7.33. The molecule has 1 amide bonds. The molecule has 1 aliphatic heterocycles. The van der Waals surface area contributed by atoms with Crippen LogP contribution in [0.15, 0.2) is 36.4 Å². The summed E-state index contributed by atoms with van der Waals surface area (Å²) in [6.45, 7) is 8.79. The van der Waals surface area contributed by atoms with E-state index in [1.54, 1.807) is 12.1 Å². The molecule has 2 aromatic rings. The normalized spacial score (nSPS) is 14.2. The summed E-state index contributed by atoms with van der Waals surface area (Å²) in [6, 6.07) is 10.9. The lowest BCUT2D eigenvalue weighted by molar-refractivity contribution is -0.119. The van der Waals surface area contributed by atoms with Crippen molar-refractivity contribution in [3.8, 4) is 5.75 Å². The van der Waals surface area contributed by atoms with Gasteiger partial charge in [0.1, 0.15) is 5.75 Å². The molecule has 166 valence electrons. The van der Waals surface area contributed by atoms with Gasteiger partial charge in [0.2, 0.25) is 5.91 Å². The smallest absolute Gasteiger partial charge is 0.434 e. The van der Waals surface area contributed by atoms with E-state index in [1.807, 2.05) is 50.8 Å². The topological polar surface area (TPSA) is 81.9 Å². The number of anilines is 1. The molecule has 0 aliphatic carbocycles. The van der Waals surface area contributed by atoms with Crippen molar-refractivity contribution in [2.75, 3.05) is 18.1 Å². The van der Waals surface area contributed by atoms with Crippen LogP contribution in [-0.2, 0) is 22.4 Å². The minimum absolute atomic E-state index is 0.0662. The third-order valence-corrected chi connectivity index (χ3v) is 5.52. The molecule has 1 unspecified atom stereocenters. The molecule has 1 aliphatic rings. The number of hydrogen-bond donors (Lipinski definition) is 1. The summed E-state index contributed by atoms with van der Waals surface area (Å²) >= 11 is 0. The number of aryl methyl sites for hydroxylation is 3. The first-order valence-electron chi connectivity index (χ1n) is 10.9. The molecule has 0 saturated carbocycles. The molecule has 6 heteroatoms. The molecule has 0 radical (unpaired) electrons. The fourth-order valence-electron chi connectivity index (χ4n) is 3.96. The van der Waals surface area contributed by atoms with Crippen molar-refractivity contribution in [1.29, 1.82) is 0 Å². The fraction of sp³-hybridized carbons (Fsp3) is 0.440. The van der Waals surface area contributed by atoms with Crippen LogP contribution in [0.25, 0.3) is 0 Å². The SMILES string of the molecule is Cc1cc(OC(=O)OCC(C)C)cc(C)c1CC(N)C(=O)N1CCCc2ccccc21. The van der Waals surface area contributed by atoms with Crippen molar-refractivity contribution < 1.29 is 19.1 Å². The van der Waals surface area contributed by atoms with Crippen LogP contribution in [0.3, 0.4) is 0 Å². The van der Waals surface area contributed by atoms with Gasteiger partial charge < -0.3 is 20.1 Å². The maximum atomic E-state index is 13.1. The molecule has 0 saturated heterocycles. The average Bonchev–Trinajstić information content (AvgIpc) is 2.73. The van der Waals surface area contributed by atoms with E-state index < -0.39 is 12.2 Å². The predicted octanol–water partition coefficient (Wildman–Crippen LogP) is 4.32. The fourth-order valence-corrected chi connectivity index (χ4v) is 3.96. The van der Waals surface area contributed by atoms with Gasteiger partial charge in [0.05, 0.1) is 12.6 Å². The molecule has 3 rings (SSSR count). The summed E-state index contributed by atoms with van der Waals surface area (Å²) in [5.41, 5.74) is 11.4. The van der Waals surface area contributed by atoms with Gasteiger partial charge in [-0.1, -0.05) is 32.0 Å². The number of para-hydroxylation sites is 1. The summed E-state index contributed by atoms with van der Waals surface area (Å²) < 4.78 is 10.4. The summed E-state index contributed by atoms with van der Waals surface area (Å²) in [6.07, 6.45) is 1.63. The second kappa shape index (κ2) is 9.96. The predicted molar refractivity (Wildman–Crippen MR) is 122 cm³/mol. The highest BCUT2D eigenvalue weighted by molar-refractivity contribution is 5.98. The quantitative estimate of drug-likeness (QED) is 0.552. The van der Waals surface area contributed by atoms with Crippen molar-refractivity contribution in [2.24, 2.45) is 11.7 Å². The van der Waals surface area contributed by atoms with E-state index in [9.17, 15) is 9.59 Å². The highest BCUT2D eigenvalue weighted by Gasteiger charge is 2.27. The number of nitrogens with two attached hydrogens (primary N) is 1. The lowest BCUT2D eigenvalue weighted by atomic mass is 9.94. The Morgan fingerprint density at radius 1 is 1.13 bits per heavy atom. The van der Waals surface area contributed by atoms with Crippen molar-refractivity contribution in [3.63, 3.8) is 0 Å². The van der Waals surface area contributed by atoms with Gasteiger partial charge in [-0.15, -0.1) is 0 Å². The minimum atomic E-state index is -0.712. The van der Waals surface area contributed by atoms with Gasteiger partial charge in [0, 0.05) is 12.2 Å². The second-order valence-corrected chi connectivity index (χ2v) is 8.63. The monoisotopic (exact) mass is 424 g/mol. The molecule has 0 spiro atoms. The standard InChI is InChI=1S/C25H32N2O4/c1-16(2)15-30-25(29)31-20-12-17(3)21(18(4)13-20)14-22(26)24(28)27-11-7-9-19-8-5-6-10-23(19)27/h5-6,8,10,12-13,16,22H,7,9,11,14-15,26H2,1-4H3. The summed E-state index contributed by atoms with van der Waals surface area (Å²) in [5.74, 6) is 0.602. The van der Waals surface area contributed by atoms with Crippen molar-refractivity contribution >= 4 is 17.7 Å². The molecule has 0 bridgehead atoms. The van der Waals surface area contributed by atoms with E-state index in [0.29, 0.717) is 25.3 Å². The number of nitrogens with zero attached hydrogens (tertiary/aromatic N) is 1. The first kappa shape index (κ1) is 22.8. The molecule has 0 aromatic heterocycles. The highest BCUT2D eigenvalue weighted by atomic mass is 16.7. The molecule has 6 nitrogen and oxygen atoms in total. The zero-order chi connectivity index (χ0) is 22.5. The van der Waals surface area contributed by atoms with Crippen molar-refractivity contribution in [1.82, 2.24) is 0 Å². The van der Waals surface area contributed by atoms with Crippen LogP contribution in [0.1, 0.15) is 42.5 Å². The van der Waals surface area contributed by atoms with Gasteiger partial charge in [-0.3, -0.25) is 4.79 Å². The third kappa shape index (κ3) is 5.64. The zero-order valence-electron chi connectivity index (χ0n) is 18.8. The number of rotatable bonds is 6. The minimum Gasteiger partial charge on any atom is -0.434 e. The molecule has 1 atom stereocenters. The highest BCUT2D eigenvalue weighted by Crippen LogP contribution is 2.28. The Bertz CT molecular complexity index is 931. The molecule has 2 aromatic carbocycles. The van der Waals surface area contributed by atoms with E-state index in [4.69, 9.17) is 15.2 Å². The van der Waals surface area contributed by atoms with Gasteiger partial charge in [0.25, 0.3) is 0 Å². The number of hydrogen-bond acceptors (Lipinski definition) is 5. The average molecular weight is 425 g/mol. The summed E-state index contributed by atoms with van der Waals surface area (Å²) in [4.78, 5) is 26.8. The number of carbonyl (C=O) groups excluding carboxylic acids is 2. The number of carbonyl (C=O) groups is 2. The van der Waals surface area contributed by atoms with Crippen molar-refractivity contribution in [3.05, 3.63) is 58.7 Å². The van der Waals surface area contributed by atoms with Crippen LogP contribution in [0.5, 0.6) is 5.75 Å². The zero-order valence-corrected chi connectivity index (χ0v) is 18.8. The Balaban J connectivity index is 1.69. The molecular formula is C25H32N2O4. The number of fused-ring (bicyclic) bond motifs is 1. The van der Waals surface area contributed by atoms with Gasteiger partial charge in [-0.25, -0.2) is 4.79 Å². The summed E-state index contributed by atoms with van der Waals surface area (Å²) in [7, 11) is 0. The van der Waals surface area contributed by atoms with Crippen LogP contribution in [0, 0.1) is 19.8 Å². The van der Waals surface area contributed by atoms with E-state index in [1.165, 1.54) is 5.56 Å². The lowest BCUT2D eigenvalue weighted by Gasteiger charge is -2.31. The first-order valence-corrected chi connectivity index (χ1v) is 10.9. The van der Waals surface area contributed by atoms with Crippen LogP contribution in [0.4, 0.5) is 10.5 Å². The van der Waals surface area contributed by atoms with E-state index in [2.05, 4.69) is 6.07 Å². The maximum absolute atomic E-state index is 13.1. The van der Waals surface area contributed by atoms with Crippen LogP contribution in [-0.4, -0.2) is 31.3 Å². The Hall–Kier alpha value is -2.86. The van der Waals surface area contributed by atoms with Crippen LogP contribution >= 0.6 is 0 Å². The Labute approximate surface area is 184 Å². The number of ether oxygens (including phenoxy) is 2. The molecule has 1 heterocycles. The number of amides is 1.